The SMILES string of the molecule is Cc1ccc(CC(=O)NCc2ccc3c(c2)OCO3)cc1. The van der Waals surface area contributed by atoms with Crippen LogP contribution in [0, 0.1) is 6.92 Å². The largest absolute Gasteiger partial charge is 0.454 e. The lowest BCUT2D eigenvalue weighted by Gasteiger charge is -2.06. The van der Waals surface area contributed by atoms with Crippen molar-refractivity contribution in [2.45, 2.75) is 19.9 Å². The van der Waals surface area contributed by atoms with Crippen LogP contribution in [0.5, 0.6) is 11.5 Å². The van der Waals surface area contributed by atoms with E-state index < -0.39 is 0 Å². The van der Waals surface area contributed by atoms with E-state index in [-0.39, 0.29) is 12.7 Å². The molecule has 0 aliphatic carbocycles. The van der Waals surface area contributed by atoms with E-state index in [1.807, 2.05) is 49.4 Å². The van der Waals surface area contributed by atoms with E-state index >= 15 is 0 Å². The van der Waals surface area contributed by atoms with Crippen LogP contribution in [0.3, 0.4) is 0 Å². The molecule has 108 valence electrons. The van der Waals surface area contributed by atoms with E-state index in [1.54, 1.807) is 0 Å². The molecule has 1 heterocycles. The van der Waals surface area contributed by atoms with E-state index in [0.717, 1.165) is 22.6 Å². The maximum absolute atomic E-state index is 11.9. The maximum Gasteiger partial charge on any atom is 0.231 e. The number of fused-ring (bicyclic) bond motifs is 1. The number of ether oxygens (including phenoxy) is 2. The molecule has 0 saturated carbocycles. The summed E-state index contributed by atoms with van der Waals surface area (Å²) in [6, 6.07) is 13.7. The molecule has 0 spiro atoms. The molecule has 2 aromatic carbocycles. The maximum atomic E-state index is 11.9. The number of rotatable bonds is 4. The zero-order valence-electron chi connectivity index (χ0n) is 11.9. The number of nitrogens with one attached hydrogen (secondary N) is 1. The molecule has 1 aliphatic heterocycles. The van der Waals surface area contributed by atoms with Gasteiger partial charge in [0.15, 0.2) is 11.5 Å². The Hall–Kier alpha value is -2.49. The molecule has 21 heavy (non-hydrogen) atoms. The highest BCUT2D eigenvalue weighted by atomic mass is 16.7. The number of carbonyl (C=O) groups is 1. The third kappa shape index (κ3) is 3.34. The van der Waals surface area contributed by atoms with Gasteiger partial charge in [0, 0.05) is 6.54 Å². The summed E-state index contributed by atoms with van der Waals surface area (Å²) in [6.07, 6.45) is 0.394. The second kappa shape index (κ2) is 5.87. The van der Waals surface area contributed by atoms with Crippen molar-refractivity contribution < 1.29 is 14.3 Å². The van der Waals surface area contributed by atoms with Crippen LogP contribution < -0.4 is 14.8 Å². The zero-order chi connectivity index (χ0) is 14.7. The van der Waals surface area contributed by atoms with E-state index in [1.165, 1.54) is 5.56 Å². The molecular formula is C17H17NO3. The second-order valence-electron chi connectivity index (χ2n) is 5.13. The standard InChI is InChI=1S/C17H17NO3/c1-12-2-4-13(5-3-12)9-17(19)18-10-14-6-7-15-16(8-14)21-11-20-15/h2-8H,9-11H2,1H3,(H,18,19). The number of aryl methyl sites for hydroxylation is 1. The first kappa shape index (κ1) is 13.5. The van der Waals surface area contributed by atoms with Gasteiger partial charge in [-0.3, -0.25) is 4.79 Å². The topological polar surface area (TPSA) is 47.6 Å². The van der Waals surface area contributed by atoms with Gasteiger partial charge in [-0.2, -0.15) is 0 Å². The summed E-state index contributed by atoms with van der Waals surface area (Å²) >= 11 is 0. The van der Waals surface area contributed by atoms with Crippen molar-refractivity contribution >= 4 is 5.91 Å². The fourth-order valence-electron chi connectivity index (χ4n) is 2.21. The summed E-state index contributed by atoms with van der Waals surface area (Å²) in [5.41, 5.74) is 3.21. The summed E-state index contributed by atoms with van der Waals surface area (Å²) in [7, 11) is 0. The van der Waals surface area contributed by atoms with Gasteiger partial charge in [-0.15, -0.1) is 0 Å². The zero-order valence-corrected chi connectivity index (χ0v) is 11.9. The van der Waals surface area contributed by atoms with Crippen LogP contribution in [0.25, 0.3) is 0 Å². The third-order valence-corrected chi connectivity index (χ3v) is 3.41. The first-order chi connectivity index (χ1) is 10.2. The molecule has 1 N–H and O–H groups in total. The third-order valence-electron chi connectivity index (χ3n) is 3.41. The van der Waals surface area contributed by atoms with Gasteiger partial charge in [-0.05, 0) is 30.2 Å². The van der Waals surface area contributed by atoms with Gasteiger partial charge in [0.25, 0.3) is 0 Å². The van der Waals surface area contributed by atoms with Crippen molar-refractivity contribution in [3.8, 4) is 11.5 Å². The Kier molecular flexibility index (Phi) is 3.77. The Balaban J connectivity index is 1.55. The predicted molar refractivity (Wildman–Crippen MR) is 79.3 cm³/mol. The van der Waals surface area contributed by atoms with Gasteiger partial charge >= 0.3 is 0 Å². The van der Waals surface area contributed by atoms with Crippen LogP contribution in [0.1, 0.15) is 16.7 Å². The normalized spacial score (nSPS) is 12.2. The van der Waals surface area contributed by atoms with Crippen molar-refractivity contribution in [3.05, 3.63) is 59.2 Å². The van der Waals surface area contributed by atoms with Gasteiger partial charge in [0.1, 0.15) is 0 Å². The van der Waals surface area contributed by atoms with Crippen LogP contribution in [0.4, 0.5) is 0 Å². The number of benzene rings is 2. The van der Waals surface area contributed by atoms with Crippen molar-refractivity contribution in [2.75, 3.05) is 6.79 Å². The highest BCUT2D eigenvalue weighted by Gasteiger charge is 2.13. The molecular weight excluding hydrogens is 266 g/mol. The molecule has 2 aromatic rings. The van der Waals surface area contributed by atoms with Gasteiger partial charge < -0.3 is 14.8 Å². The first-order valence-electron chi connectivity index (χ1n) is 6.91. The molecule has 0 bridgehead atoms. The first-order valence-corrected chi connectivity index (χ1v) is 6.91. The molecule has 0 unspecified atom stereocenters. The number of amides is 1. The molecule has 0 saturated heterocycles. The highest BCUT2D eigenvalue weighted by molar-refractivity contribution is 5.78. The smallest absolute Gasteiger partial charge is 0.231 e. The van der Waals surface area contributed by atoms with Crippen molar-refractivity contribution in [1.29, 1.82) is 0 Å². The van der Waals surface area contributed by atoms with E-state index in [4.69, 9.17) is 9.47 Å². The Morgan fingerprint density at radius 2 is 1.76 bits per heavy atom. The molecule has 0 fully saturated rings. The molecule has 4 heteroatoms. The lowest BCUT2D eigenvalue weighted by Crippen LogP contribution is -2.24. The van der Waals surface area contributed by atoms with Crippen molar-refractivity contribution in [1.82, 2.24) is 5.32 Å². The molecule has 0 radical (unpaired) electrons. The van der Waals surface area contributed by atoms with Gasteiger partial charge in [-0.1, -0.05) is 35.9 Å². The lowest BCUT2D eigenvalue weighted by atomic mass is 10.1. The molecule has 1 aliphatic rings. The molecule has 4 nitrogen and oxygen atoms in total. The molecule has 1 amide bonds. The van der Waals surface area contributed by atoms with Crippen LogP contribution in [0.15, 0.2) is 42.5 Å². The minimum absolute atomic E-state index is 0.0107. The van der Waals surface area contributed by atoms with Gasteiger partial charge in [0.05, 0.1) is 6.42 Å². The molecule has 0 atom stereocenters. The van der Waals surface area contributed by atoms with Crippen LogP contribution in [-0.4, -0.2) is 12.7 Å². The Morgan fingerprint density at radius 3 is 2.57 bits per heavy atom. The summed E-state index contributed by atoms with van der Waals surface area (Å²) < 4.78 is 10.6. The minimum atomic E-state index is 0.0107. The highest BCUT2D eigenvalue weighted by Crippen LogP contribution is 2.32. The quantitative estimate of drug-likeness (QED) is 0.938. The van der Waals surface area contributed by atoms with Crippen LogP contribution in [-0.2, 0) is 17.8 Å². The predicted octanol–water partition coefficient (Wildman–Crippen LogP) is 2.58. The van der Waals surface area contributed by atoms with Gasteiger partial charge in [-0.25, -0.2) is 0 Å². The van der Waals surface area contributed by atoms with Crippen molar-refractivity contribution in [3.63, 3.8) is 0 Å². The monoisotopic (exact) mass is 283 g/mol. The Bertz CT molecular complexity index is 650. The fraction of sp³-hybridized carbons (Fsp3) is 0.235. The second-order valence-corrected chi connectivity index (χ2v) is 5.13. The number of carbonyl (C=O) groups excluding carboxylic acids is 1. The Labute approximate surface area is 123 Å². The summed E-state index contributed by atoms with van der Waals surface area (Å²) in [5.74, 6) is 1.50. The fourth-order valence-corrected chi connectivity index (χ4v) is 2.21. The Morgan fingerprint density at radius 1 is 1.05 bits per heavy atom. The van der Waals surface area contributed by atoms with Crippen LogP contribution in [0.2, 0.25) is 0 Å². The lowest BCUT2D eigenvalue weighted by molar-refractivity contribution is -0.120. The number of hydrogen-bond acceptors (Lipinski definition) is 3. The number of hydrogen-bond donors (Lipinski definition) is 1. The molecule has 3 rings (SSSR count). The van der Waals surface area contributed by atoms with Crippen molar-refractivity contribution in [2.24, 2.45) is 0 Å². The minimum Gasteiger partial charge on any atom is -0.454 e. The summed E-state index contributed by atoms with van der Waals surface area (Å²) in [5, 5.41) is 2.92. The average molecular weight is 283 g/mol. The average Bonchev–Trinajstić information content (AvgIpc) is 2.95. The summed E-state index contributed by atoms with van der Waals surface area (Å²) in [6.45, 7) is 2.78. The van der Waals surface area contributed by atoms with E-state index in [2.05, 4.69) is 5.32 Å². The van der Waals surface area contributed by atoms with Crippen LogP contribution >= 0.6 is 0 Å². The summed E-state index contributed by atoms with van der Waals surface area (Å²) in [4.78, 5) is 11.9. The van der Waals surface area contributed by atoms with E-state index in [0.29, 0.717) is 13.0 Å². The van der Waals surface area contributed by atoms with Gasteiger partial charge in [0.2, 0.25) is 12.7 Å². The van der Waals surface area contributed by atoms with E-state index in [9.17, 15) is 4.79 Å². The molecule has 0 aromatic heterocycles.